The SMILES string of the molecule is O=C(O)C=C(c1ccc(F)cc1)c1ccc(Sc2cc(F)cc(C(O)(c3nccs3)C(F)(F)F)c2)cc1[O-].O=C(O)C=C(c1ccc(F)cc1)c1ccc(Sc2cc(F)cc(C(O)(c3nccs3)C(F)(F)F)c2)cc1[O-].[Na+].[Na+]. The van der Waals surface area contributed by atoms with E-state index in [0.717, 1.165) is 109 Å². The van der Waals surface area contributed by atoms with Crippen LogP contribution >= 0.6 is 46.2 Å². The minimum absolute atomic E-state index is 0. The molecule has 392 valence electrons. The number of hydrogen-bond acceptors (Lipinski definition) is 12. The Morgan fingerprint density at radius 1 is 0.487 bits per heavy atom. The molecular formula is C52H30F10N2Na2O8S4. The van der Waals surface area contributed by atoms with Gasteiger partial charge in [0.25, 0.3) is 0 Å². The van der Waals surface area contributed by atoms with Gasteiger partial charge in [-0.1, -0.05) is 83.6 Å². The maximum atomic E-state index is 14.4. The van der Waals surface area contributed by atoms with Gasteiger partial charge in [0.1, 0.15) is 33.3 Å². The quantitative estimate of drug-likeness (QED) is 0.0573. The van der Waals surface area contributed by atoms with Crippen molar-refractivity contribution in [3.05, 3.63) is 223 Å². The Balaban J connectivity index is 0.000000280. The molecular weight excluding hydrogens is 1140 g/mol. The maximum absolute atomic E-state index is 14.4. The largest absolute Gasteiger partial charge is 1.00 e. The number of nitrogens with zero attached hydrogens (tertiary/aromatic N) is 2. The molecule has 0 saturated carbocycles. The molecule has 2 heterocycles. The summed E-state index contributed by atoms with van der Waals surface area (Å²) in [5.41, 5.74) is -8.14. The first-order valence-corrected chi connectivity index (χ1v) is 24.6. The summed E-state index contributed by atoms with van der Waals surface area (Å²) < 4.78 is 139. The van der Waals surface area contributed by atoms with E-state index in [1.165, 1.54) is 59.3 Å². The fraction of sp³-hybridized carbons (Fsp3) is 0.0769. The molecule has 2 unspecified atom stereocenters. The summed E-state index contributed by atoms with van der Waals surface area (Å²) in [4.78, 5) is 30.2. The van der Waals surface area contributed by atoms with Crippen molar-refractivity contribution in [1.29, 1.82) is 0 Å². The fourth-order valence-electron chi connectivity index (χ4n) is 7.27. The average molecular weight is 1180 g/mol. The number of rotatable bonds is 14. The number of hydrogen-bond donors (Lipinski definition) is 4. The number of alkyl halides is 6. The van der Waals surface area contributed by atoms with Crippen LogP contribution in [0.25, 0.3) is 11.1 Å². The molecule has 4 N–H and O–H groups in total. The molecule has 0 aliphatic heterocycles. The summed E-state index contributed by atoms with van der Waals surface area (Å²) in [5, 5.41) is 66.7. The van der Waals surface area contributed by atoms with E-state index in [4.69, 9.17) is 0 Å². The number of thiazole rings is 2. The Bertz CT molecular complexity index is 3250. The van der Waals surface area contributed by atoms with Crippen LogP contribution in [0.5, 0.6) is 11.5 Å². The number of aliphatic carboxylic acids is 2. The summed E-state index contributed by atoms with van der Waals surface area (Å²) in [7, 11) is 0. The summed E-state index contributed by atoms with van der Waals surface area (Å²) in [6.07, 6.45) is -6.66. The van der Waals surface area contributed by atoms with Crippen LogP contribution in [-0.4, -0.2) is 54.7 Å². The van der Waals surface area contributed by atoms with Crippen LogP contribution in [0.3, 0.4) is 0 Å². The molecule has 10 nitrogen and oxygen atoms in total. The third-order valence-corrected chi connectivity index (χ3v) is 14.4. The molecule has 0 fully saturated rings. The van der Waals surface area contributed by atoms with E-state index in [-0.39, 0.29) is 112 Å². The van der Waals surface area contributed by atoms with E-state index in [1.54, 1.807) is 0 Å². The van der Waals surface area contributed by atoms with E-state index in [2.05, 4.69) is 9.97 Å². The Labute approximate surface area is 496 Å². The van der Waals surface area contributed by atoms with E-state index in [0.29, 0.717) is 34.8 Å². The van der Waals surface area contributed by atoms with Crippen LogP contribution in [0, 0.1) is 23.3 Å². The van der Waals surface area contributed by atoms with Gasteiger partial charge in [0.05, 0.1) is 0 Å². The van der Waals surface area contributed by atoms with Crippen LogP contribution in [0.4, 0.5) is 43.9 Å². The molecule has 0 radical (unpaired) electrons. The third-order valence-electron chi connectivity index (χ3n) is 10.7. The molecule has 0 spiro atoms. The van der Waals surface area contributed by atoms with Gasteiger partial charge in [0, 0.05) is 66.0 Å². The molecule has 8 aromatic rings. The summed E-state index contributed by atoms with van der Waals surface area (Å²) in [6.45, 7) is 0. The predicted octanol–water partition coefficient (Wildman–Crippen LogP) is 5.93. The molecule has 0 saturated heterocycles. The molecule has 0 aliphatic rings. The summed E-state index contributed by atoms with van der Waals surface area (Å²) in [6, 6.07) is 22.2. The van der Waals surface area contributed by atoms with Crippen LogP contribution in [0.1, 0.15) is 43.4 Å². The second kappa shape index (κ2) is 26.2. The third kappa shape index (κ3) is 14.7. The monoisotopic (exact) mass is 1170 g/mol. The normalized spacial score (nSPS) is 13.4. The molecule has 6 aromatic carbocycles. The molecule has 2 atom stereocenters. The predicted molar refractivity (Wildman–Crippen MR) is 257 cm³/mol. The fourth-order valence-corrected chi connectivity index (χ4v) is 10.7. The van der Waals surface area contributed by atoms with Crippen LogP contribution in [0.15, 0.2) is 176 Å². The van der Waals surface area contributed by atoms with Gasteiger partial charge in [-0.2, -0.15) is 26.3 Å². The summed E-state index contributed by atoms with van der Waals surface area (Å²) in [5.74, 6) is -7.15. The topological polar surface area (TPSA) is 187 Å². The van der Waals surface area contributed by atoms with Gasteiger partial charge in [0.15, 0.2) is 0 Å². The zero-order valence-electron chi connectivity index (χ0n) is 39.7. The average Bonchev–Trinajstić information content (AvgIpc) is 4.12. The zero-order chi connectivity index (χ0) is 55.3. The van der Waals surface area contributed by atoms with Crippen molar-refractivity contribution >= 4 is 69.3 Å². The van der Waals surface area contributed by atoms with Gasteiger partial charge >= 0.3 is 83.4 Å². The van der Waals surface area contributed by atoms with E-state index in [1.807, 2.05) is 0 Å². The van der Waals surface area contributed by atoms with Gasteiger partial charge < -0.3 is 30.6 Å². The molecule has 8 rings (SSSR count). The van der Waals surface area contributed by atoms with Crippen LogP contribution in [-0.2, 0) is 20.8 Å². The Hall–Kier alpha value is -5.48. The molecule has 2 aromatic heterocycles. The van der Waals surface area contributed by atoms with Crippen molar-refractivity contribution in [1.82, 2.24) is 9.97 Å². The minimum Gasteiger partial charge on any atom is -0.872 e. The Morgan fingerprint density at radius 3 is 1.12 bits per heavy atom. The Morgan fingerprint density at radius 2 is 0.833 bits per heavy atom. The van der Waals surface area contributed by atoms with Crippen molar-refractivity contribution in [3.63, 3.8) is 0 Å². The first-order valence-electron chi connectivity index (χ1n) is 21.2. The second-order valence-electron chi connectivity index (χ2n) is 15.8. The standard InChI is InChI=1S/2C26H16F5NO4S2.2Na/c2*27-16-3-1-14(2-4-16)21(13-23(34)35)20-6-5-18(12-22(20)33)38-19-10-15(9-17(28)11-19)25(36,26(29,30)31)24-32-7-8-37-24;;/h2*1-13,33,36H,(H,34,35);;/q;;2*+1/p-2. The van der Waals surface area contributed by atoms with Crippen molar-refractivity contribution < 1.29 is 143 Å². The van der Waals surface area contributed by atoms with Gasteiger partial charge in [0.2, 0.25) is 11.2 Å². The molecule has 0 bridgehead atoms. The molecule has 78 heavy (non-hydrogen) atoms. The van der Waals surface area contributed by atoms with Crippen molar-refractivity contribution in [2.75, 3.05) is 0 Å². The number of carboxylic acid groups (broad SMARTS) is 2. The van der Waals surface area contributed by atoms with Crippen molar-refractivity contribution in [2.45, 2.75) is 43.1 Å². The first-order chi connectivity index (χ1) is 35.8. The molecule has 0 amide bonds. The van der Waals surface area contributed by atoms with E-state index < -0.39 is 91.4 Å². The Kier molecular flexibility index (Phi) is 21.3. The number of carboxylic acids is 2. The maximum Gasteiger partial charge on any atom is 1.00 e. The first kappa shape index (κ1) is 63.4. The van der Waals surface area contributed by atoms with Gasteiger partial charge in [-0.15, -0.1) is 22.7 Å². The zero-order valence-corrected chi connectivity index (χ0v) is 47.0. The number of aromatic nitrogens is 2. The van der Waals surface area contributed by atoms with Crippen LogP contribution < -0.4 is 69.3 Å². The molecule has 0 aliphatic carbocycles. The van der Waals surface area contributed by atoms with Gasteiger partial charge in [-0.3, -0.25) is 0 Å². The number of aliphatic hydroxyl groups is 2. The van der Waals surface area contributed by atoms with Crippen molar-refractivity contribution in [2.24, 2.45) is 0 Å². The second-order valence-corrected chi connectivity index (χ2v) is 19.9. The van der Waals surface area contributed by atoms with Crippen molar-refractivity contribution in [3.8, 4) is 11.5 Å². The van der Waals surface area contributed by atoms with E-state index >= 15 is 0 Å². The number of carbonyl (C=O) groups is 2. The van der Waals surface area contributed by atoms with E-state index in [9.17, 15) is 84.1 Å². The van der Waals surface area contributed by atoms with Crippen LogP contribution in [0.2, 0.25) is 0 Å². The van der Waals surface area contributed by atoms with Gasteiger partial charge in [-0.05, 0) is 106 Å². The minimum atomic E-state index is -5.21. The molecule has 26 heteroatoms. The number of halogens is 10. The van der Waals surface area contributed by atoms with Gasteiger partial charge in [-0.25, -0.2) is 37.1 Å². The summed E-state index contributed by atoms with van der Waals surface area (Å²) >= 11 is 2.64. The smallest absolute Gasteiger partial charge is 0.872 e. The number of benzene rings is 6.